The molecule has 2 heterocycles. The number of imidazole rings is 1. The van der Waals surface area contributed by atoms with Crippen LogP contribution >= 0.6 is 0 Å². The average molecular weight is 367 g/mol. The van der Waals surface area contributed by atoms with Crippen molar-refractivity contribution in [2.24, 2.45) is 0 Å². The lowest BCUT2D eigenvalue weighted by atomic mass is 10.2. The van der Waals surface area contributed by atoms with E-state index in [1.54, 1.807) is 6.07 Å². The molecule has 0 unspecified atom stereocenters. The van der Waals surface area contributed by atoms with Gasteiger partial charge in [0.25, 0.3) is 5.91 Å². The van der Waals surface area contributed by atoms with Crippen molar-refractivity contribution >= 4 is 17.2 Å². The topological polar surface area (TPSA) is 64.9 Å². The van der Waals surface area contributed by atoms with E-state index in [2.05, 4.69) is 10.3 Å². The number of nitrogens with zero attached hydrogens (tertiary/aromatic N) is 2. The number of aryl methyl sites for hydroxylation is 2. The number of carbonyl (C=O) groups is 1. The van der Waals surface area contributed by atoms with Gasteiger partial charge in [0.2, 0.25) is 0 Å². The summed E-state index contributed by atoms with van der Waals surface area (Å²) < 4.78 is 13.0. The largest absolute Gasteiger partial charge is 0.490 e. The van der Waals surface area contributed by atoms with Crippen molar-refractivity contribution in [2.75, 3.05) is 18.5 Å². The molecular weight excluding hydrogens is 342 g/mol. The van der Waals surface area contributed by atoms with Gasteiger partial charge in [-0.2, -0.15) is 0 Å². The zero-order valence-electron chi connectivity index (χ0n) is 16.2. The van der Waals surface area contributed by atoms with Crippen LogP contribution in [0.15, 0.2) is 36.5 Å². The second-order valence-corrected chi connectivity index (χ2v) is 6.17. The van der Waals surface area contributed by atoms with Gasteiger partial charge in [-0.25, -0.2) is 4.98 Å². The van der Waals surface area contributed by atoms with Crippen LogP contribution in [0.5, 0.6) is 11.5 Å². The number of nitrogens with one attached hydrogen (secondary N) is 1. The molecule has 0 bridgehead atoms. The van der Waals surface area contributed by atoms with Crippen molar-refractivity contribution in [2.45, 2.75) is 34.1 Å². The Morgan fingerprint density at radius 3 is 2.52 bits per heavy atom. The van der Waals surface area contributed by atoms with Crippen molar-refractivity contribution in [1.29, 1.82) is 0 Å². The maximum atomic E-state index is 13.0. The molecule has 3 rings (SSSR count). The van der Waals surface area contributed by atoms with E-state index in [1.807, 2.05) is 62.6 Å². The number of ether oxygens (including phenoxy) is 2. The maximum absolute atomic E-state index is 13.0. The van der Waals surface area contributed by atoms with E-state index in [9.17, 15) is 4.79 Å². The highest BCUT2D eigenvalue weighted by Gasteiger charge is 2.19. The van der Waals surface area contributed by atoms with E-state index >= 15 is 0 Å². The fraction of sp³-hybridized carbons (Fsp3) is 0.333. The second-order valence-electron chi connectivity index (χ2n) is 6.17. The smallest absolute Gasteiger partial charge is 0.274 e. The maximum Gasteiger partial charge on any atom is 0.274 e. The minimum absolute atomic E-state index is 0.199. The SMILES string of the molecule is CCOc1ccc(NC(=O)c2c(CC)nc3cc(C)ccn23)cc1OCC. The molecule has 0 saturated carbocycles. The summed E-state index contributed by atoms with van der Waals surface area (Å²) in [6.07, 6.45) is 2.56. The Morgan fingerprint density at radius 2 is 1.81 bits per heavy atom. The second kappa shape index (κ2) is 8.12. The van der Waals surface area contributed by atoms with Crippen LogP contribution in [0.25, 0.3) is 5.65 Å². The van der Waals surface area contributed by atoms with E-state index < -0.39 is 0 Å². The molecule has 0 spiro atoms. The fourth-order valence-electron chi connectivity index (χ4n) is 3.00. The third kappa shape index (κ3) is 3.89. The summed E-state index contributed by atoms with van der Waals surface area (Å²) >= 11 is 0. The van der Waals surface area contributed by atoms with Crippen molar-refractivity contribution in [1.82, 2.24) is 9.38 Å². The number of amides is 1. The first-order chi connectivity index (χ1) is 13.1. The first-order valence-electron chi connectivity index (χ1n) is 9.25. The number of benzene rings is 1. The summed E-state index contributed by atoms with van der Waals surface area (Å²) in [5.41, 5.74) is 3.86. The fourth-order valence-corrected chi connectivity index (χ4v) is 3.00. The third-order valence-electron chi connectivity index (χ3n) is 4.21. The lowest BCUT2D eigenvalue weighted by Gasteiger charge is -2.13. The summed E-state index contributed by atoms with van der Waals surface area (Å²) in [6.45, 7) is 8.90. The first kappa shape index (κ1) is 18.8. The van der Waals surface area contributed by atoms with Crippen molar-refractivity contribution in [3.05, 3.63) is 53.5 Å². The van der Waals surface area contributed by atoms with Gasteiger partial charge in [-0.3, -0.25) is 9.20 Å². The van der Waals surface area contributed by atoms with Crippen LogP contribution in [0.4, 0.5) is 5.69 Å². The molecule has 6 heteroatoms. The Kier molecular flexibility index (Phi) is 5.64. The Hall–Kier alpha value is -3.02. The number of anilines is 1. The average Bonchev–Trinajstić information content (AvgIpc) is 3.02. The van der Waals surface area contributed by atoms with E-state index in [1.165, 1.54) is 0 Å². The normalized spacial score (nSPS) is 10.8. The molecule has 6 nitrogen and oxygen atoms in total. The van der Waals surface area contributed by atoms with Gasteiger partial charge in [0.1, 0.15) is 11.3 Å². The zero-order chi connectivity index (χ0) is 19.4. The van der Waals surface area contributed by atoms with Gasteiger partial charge in [0.05, 0.1) is 18.9 Å². The summed E-state index contributed by atoms with van der Waals surface area (Å²) in [5, 5.41) is 2.96. The summed E-state index contributed by atoms with van der Waals surface area (Å²) in [7, 11) is 0. The Labute approximate surface area is 159 Å². The molecule has 2 aromatic heterocycles. The van der Waals surface area contributed by atoms with Gasteiger partial charge in [0, 0.05) is 18.0 Å². The van der Waals surface area contributed by atoms with Crippen LogP contribution in [-0.2, 0) is 6.42 Å². The van der Waals surface area contributed by atoms with Crippen LogP contribution in [0.1, 0.15) is 42.5 Å². The molecular formula is C21H25N3O3. The highest BCUT2D eigenvalue weighted by molar-refractivity contribution is 6.04. The third-order valence-corrected chi connectivity index (χ3v) is 4.21. The number of hydrogen-bond acceptors (Lipinski definition) is 4. The van der Waals surface area contributed by atoms with Gasteiger partial charge in [-0.15, -0.1) is 0 Å². The number of rotatable bonds is 7. The highest BCUT2D eigenvalue weighted by atomic mass is 16.5. The predicted octanol–water partition coefficient (Wildman–Crippen LogP) is 4.25. The molecule has 3 aromatic rings. The molecule has 0 fully saturated rings. The summed E-state index contributed by atoms with van der Waals surface area (Å²) in [5.74, 6) is 1.08. The minimum Gasteiger partial charge on any atom is -0.490 e. The van der Waals surface area contributed by atoms with Crippen LogP contribution < -0.4 is 14.8 Å². The number of fused-ring (bicyclic) bond motifs is 1. The summed E-state index contributed by atoms with van der Waals surface area (Å²) in [4.78, 5) is 17.6. The molecule has 1 amide bonds. The molecule has 142 valence electrons. The van der Waals surface area contributed by atoms with Gasteiger partial charge in [-0.1, -0.05) is 6.92 Å². The first-order valence-corrected chi connectivity index (χ1v) is 9.25. The van der Waals surface area contributed by atoms with Crippen molar-refractivity contribution in [3.8, 4) is 11.5 Å². The number of aromatic nitrogens is 2. The van der Waals surface area contributed by atoms with Crippen molar-refractivity contribution < 1.29 is 14.3 Å². The lowest BCUT2D eigenvalue weighted by molar-refractivity contribution is 0.102. The van der Waals surface area contributed by atoms with E-state index in [0.29, 0.717) is 42.5 Å². The highest BCUT2D eigenvalue weighted by Crippen LogP contribution is 2.31. The van der Waals surface area contributed by atoms with Crippen LogP contribution in [0, 0.1) is 6.92 Å². The standard InChI is InChI=1S/C21H25N3O3/c1-5-16-20(24-11-10-14(4)12-19(24)23-16)21(25)22-15-8-9-17(26-6-2)18(13-15)27-7-3/h8-13H,5-7H2,1-4H3,(H,22,25). The monoisotopic (exact) mass is 367 g/mol. The van der Waals surface area contributed by atoms with E-state index in [4.69, 9.17) is 9.47 Å². The number of pyridine rings is 1. The predicted molar refractivity (Wildman–Crippen MR) is 106 cm³/mol. The van der Waals surface area contributed by atoms with Gasteiger partial charge in [0.15, 0.2) is 11.5 Å². The number of carbonyl (C=O) groups excluding carboxylic acids is 1. The lowest BCUT2D eigenvalue weighted by Crippen LogP contribution is -2.16. The Balaban J connectivity index is 1.93. The van der Waals surface area contributed by atoms with E-state index in [0.717, 1.165) is 16.9 Å². The molecule has 27 heavy (non-hydrogen) atoms. The molecule has 1 N–H and O–H groups in total. The van der Waals surface area contributed by atoms with Crippen molar-refractivity contribution in [3.63, 3.8) is 0 Å². The Bertz CT molecular complexity index is 963. The quantitative estimate of drug-likeness (QED) is 0.678. The van der Waals surface area contributed by atoms with Gasteiger partial charge < -0.3 is 14.8 Å². The van der Waals surface area contributed by atoms with Gasteiger partial charge in [-0.05, 0) is 57.0 Å². The summed E-state index contributed by atoms with van der Waals surface area (Å²) in [6, 6.07) is 9.34. The zero-order valence-corrected chi connectivity index (χ0v) is 16.2. The molecule has 1 aromatic carbocycles. The molecule has 0 saturated heterocycles. The van der Waals surface area contributed by atoms with Crippen LogP contribution in [0.3, 0.4) is 0 Å². The van der Waals surface area contributed by atoms with Gasteiger partial charge >= 0.3 is 0 Å². The number of hydrogen-bond donors (Lipinski definition) is 1. The van der Waals surface area contributed by atoms with Crippen LogP contribution in [0.2, 0.25) is 0 Å². The molecule has 0 aliphatic rings. The Morgan fingerprint density at radius 1 is 1.07 bits per heavy atom. The molecule has 0 aliphatic carbocycles. The molecule has 0 aliphatic heterocycles. The molecule has 0 atom stereocenters. The molecule has 0 radical (unpaired) electrons. The van der Waals surface area contributed by atoms with Crippen LogP contribution in [-0.4, -0.2) is 28.5 Å². The van der Waals surface area contributed by atoms with E-state index in [-0.39, 0.29) is 5.91 Å². The minimum atomic E-state index is -0.199.